The normalized spacial score (nSPS) is 18.0. The van der Waals surface area contributed by atoms with Crippen molar-refractivity contribution < 1.29 is 28.9 Å². The van der Waals surface area contributed by atoms with E-state index in [1.165, 1.54) is 0 Å². The molecule has 0 bridgehead atoms. The summed E-state index contributed by atoms with van der Waals surface area (Å²) in [7, 11) is 0. The van der Waals surface area contributed by atoms with Crippen molar-refractivity contribution in [2.45, 2.75) is 32.6 Å². The molecule has 2 heterocycles. The Hall–Kier alpha value is -4.92. The highest BCUT2D eigenvalue weighted by molar-refractivity contribution is 6.46. The van der Waals surface area contributed by atoms with Crippen LogP contribution in [0.2, 0.25) is 0 Å². The van der Waals surface area contributed by atoms with Gasteiger partial charge >= 0.3 is 0 Å². The lowest BCUT2D eigenvalue weighted by molar-refractivity contribution is -0.140. The quantitative estimate of drug-likeness (QED) is 0.111. The Balaban J connectivity index is 1.24. The number of amides is 1. The molecular formula is C39H40N2O6. The molecule has 0 spiro atoms. The summed E-state index contributed by atoms with van der Waals surface area (Å²) in [5.41, 5.74) is 4.52. The number of aliphatic hydroxyl groups excluding tert-OH is 1. The van der Waals surface area contributed by atoms with E-state index < -0.39 is 17.7 Å². The molecule has 1 unspecified atom stereocenters. The number of carbonyl (C=O) groups is 2. The number of likely N-dealkylation sites (tertiary alicyclic amines) is 1. The van der Waals surface area contributed by atoms with Gasteiger partial charge in [0, 0.05) is 31.7 Å². The molecule has 242 valence electrons. The number of Topliss-reactive ketones (excluding diaryl/α,β-unsaturated/α-hetero) is 1. The highest BCUT2D eigenvalue weighted by Gasteiger charge is 2.45. The number of hydrogen-bond acceptors (Lipinski definition) is 7. The van der Waals surface area contributed by atoms with Crippen LogP contribution in [0.1, 0.15) is 40.3 Å². The SMILES string of the molecule is Cc1ccccc1COc1ccc(/C(O)=C2\C(=O)C(=O)N(CCCN3CCOCC3)C2c2ccc(OCc3ccccc3)cc2)cc1. The van der Waals surface area contributed by atoms with Crippen LogP contribution >= 0.6 is 0 Å². The number of benzene rings is 4. The fourth-order valence-electron chi connectivity index (χ4n) is 6.03. The van der Waals surface area contributed by atoms with Crippen molar-refractivity contribution in [3.05, 3.63) is 137 Å². The number of aliphatic hydroxyl groups is 1. The molecule has 6 rings (SSSR count). The van der Waals surface area contributed by atoms with E-state index in [2.05, 4.69) is 4.90 Å². The molecule has 1 atom stereocenters. The van der Waals surface area contributed by atoms with E-state index in [0.29, 0.717) is 56.5 Å². The summed E-state index contributed by atoms with van der Waals surface area (Å²) in [6.45, 7) is 7.12. The first kappa shape index (κ1) is 32.0. The van der Waals surface area contributed by atoms with Gasteiger partial charge in [-0.25, -0.2) is 0 Å². The molecule has 1 N–H and O–H groups in total. The van der Waals surface area contributed by atoms with Crippen molar-refractivity contribution >= 4 is 17.4 Å². The molecule has 4 aromatic carbocycles. The standard InChI is InChI=1S/C39H40N2O6/c1-28-8-5-6-11-32(28)27-47-34-18-14-31(15-19-34)37(42)35-36(30-12-16-33(17-13-30)46-26-29-9-3-2-4-10-29)41(39(44)38(35)43)21-7-20-40-22-24-45-25-23-40/h2-6,8-19,36,42H,7,20-27H2,1H3/b37-35+. The fraction of sp³-hybridized carbons (Fsp3) is 0.282. The number of ether oxygens (including phenoxy) is 3. The fourth-order valence-corrected chi connectivity index (χ4v) is 6.03. The predicted octanol–water partition coefficient (Wildman–Crippen LogP) is 6.30. The van der Waals surface area contributed by atoms with Gasteiger partial charge in [0.15, 0.2) is 0 Å². The Kier molecular flexibility index (Phi) is 10.3. The average Bonchev–Trinajstić information content (AvgIpc) is 3.36. The van der Waals surface area contributed by atoms with E-state index in [9.17, 15) is 14.7 Å². The van der Waals surface area contributed by atoms with E-state index in [4.69, 9.17) is 14.2 Å². The van der Waals surface area contributed by atoms with Crippen LogP contribution in [0, 0.1) is 6.92 Å². The number of morpholine rings is 1. The zero-order valence-electron chi connectivity index (χ0n) is 26.6. The molecule has 2 fully saturated rings. The maximum Gasteiger partial charge on any atom is 0.295 e. The zero-order chi connectivity index (χ0) is 32.6. The summed E-state index contributed by atoms with van der Waals surface area (Å²) in [5, 5.41) is 11.6. The average molecular weight is 633 g/mol. The highest BCUT2D eigenvalue weighted by atomic mass is 16.5. The van der Waals surface area contributed by atoms with Crippen LogP contribution in [-0.4, -0.2) is 66.0 Å². The van der Waals surface area contributed by atoms with E-state index >= 15 is 0 Å². The minimum Gasteiger partial charge on any atom is -0.507 e. The van der Waals surface area contributed by atoms with E-state index in [0.717, 1.165) is 41.9 Å². The third kappa shape index (κ3) is 7.73. The number of ketones is 1. The minimum absolute atomic E-state index is 0.0768. The third-order valence-corrected chi connectivity index (χ3v) is 8.74. The summed E-state index contributed by atoms with van der Waals surface area (Å²) in [6, 6.07) is 31.6. The van der Waals surface area contributed by atoms with E-state index in [1.54, 1.807) is 29.2 Å². The Morgan fingerprint density at radius 1 is 0.787 bits per heavy atom. The number of hydrogen-bond donors (Lipinski definition) is 1. The Bertz CT molecular complexity index is 1700. The second-order valence-corrected chi connectivity index (χ2v) is 11.9. The first-order valence-corrected chi connectivity index (χ1v) is 16.1. The molecule has 4 aromatic rings. The van der Waals surface area contributed by atoms with Gasteiger partial charge in [-0.3, -0.25) is 14.5 Å². The number of rotatable bonds is 12. The molecule has 0 saturated carbocycles. The number of carbonyl (C=O) groups excluding carboxylic acids is 2. The van der Waals surface area contributed by atoms with Crippen LogP contribution in [0.3, 0.4) is 0 Å². The zero-order valence-corrected chi connectivity index (χ0v) is 26.6. The number of nitrogens with zero attached hydrogens (tertiary/aromatic N) is 2. The first-order chi connectivity index (χ1) is 23.0. The summed E-state index contributed by atoms with van der Waals surface area (Å²) in [5.74, 6) is -0.206. The smallest absolute Gasteiger partial charge is 0.295 e. The van der Waals surface area contributed by atoms with Crippen LogP contribution in [-0.2, 0) is 27.5 Å². The van der Waals surface area contributed by atoms with Crippen molar-refractivity contribution in [1.82, 2.24) is 9.80 Å². The van der Waals surface area contributed by atoms with Gasteiger partial charge in [-0.05, 0) is 72.0 Å². The van der Waals surface area contributed by atoms with Gasteiger partial charge in [-0.1, -0.05) is 66.7 Å². The first-order valence-electron chi connectivity index (χ1n) is 16.1. The van der Waals surface area contributed by atoms with Gasteiger partial charge in [0.1, 0.15) is 30.5 Å². The maximum absolute atomic E-state index is 13.6. The lowest BCUT2D eigenvalue weighted by Gasteiger charge is -2.29. The monoisotopic (exact) mass is 632 g/mol. The largest absolute Gasteiger partial charge is 0.507 e. The van der Waals surface area contributed by atoms with Crippen LogP contribution in [0.4, 0.5) is 0 Å². The van der Waals surface area contributed by atoms with Gasteiger partial charge in [0.25, 0.3) is 11.7 Å². The van der Waals surface area contributed by atoms with Crippen molar-refractivity contribution in [3.8, 4) is 11.5 Å². The lowest BCUT2D eigenvalue weighted by atomic mass is 9.95. The van der Waals surface area contributed by atoms with Gasteiger partial charge in [0.2, 0.25) is 0 Å². The lowest BCUT2D eigenvalue weighted by Crippen LogP contribution is -2.38. The Labute approximate surface area is 275 Å². The van der Waals surface area contributed by atoms with Crippen molar-refractivity contribution in [2.24, 2.45) is 0 Å². The second-order valence-electron chi connectivity index (χ2n) is 11.9. The van der Waals surface area contributed by atoms with Gasteiger partial charge in [0.05, 0.1) is 24.8 Å². The van der Waals surface area contributed by atoms with Crippen LogP contribution in [0.5, 0.6) is 11.5 Å². The minimum atomic E-state index is -0.736. The van der Waals surface area contributed by atoms with E-state index in [-0.39, 0.29) is 11.3 Å². The highest BCUT2D eigenvalue weighted by Crippen LogP contribution is 2.40. The van der Waals surface area contributed by atoms with Crippen molar-refractivity contribution in [3.63, 3.8) is 0 Å². The topological polar surface area (TPSA) is 88.5 Å². The van der Waals surface area contributed by atoms with Gasteiger partial charge < -0.3 is 24.2 Å². The summed E-state index contributed by atoms with van der Waals surface area (Å²) < 4.78 is 17.4. The summed E-state index contributed by atoms with van der Waals surface area (Å²) >= 11 is 0. The molecule has 8 heteroatoms. The summed E-state index contributed by atoms with van der Waals surface area (Å²) in [4.78, 5) is 31.0. The predicted molar refractivity (Wildman–Crippen MR) is 180 cm³/mol. The molecule has 2 aliphatic rings. The van der Waals surface area contributed by atoms with Crippen LogP contribution in [0.15, 0.2) is 109 Å². The molecule has 2 aliphatic heterocycles. The second kappa shape index (κ2) is 15.1. The van der Waals surface area contributed by atoms with Gasteiger partial charge in [-0.2, -0.15) is 0 Å². The van der Waals surface area contributed by atoms with Gasteiger partial charge in [-0.15, -0.1) is 0 Å². The third-order valence-electron chi connectivity index (χ3n) is 8.74. The van der Waals surface area contributed by atoms with E-state index in [1.807, 2.05) is 85.8 Å². The van der Waals surface area contributed by atoms with Crippen molar-refractivity contribution in [1.29, 1.82) is 0 Å². The Morgan fingerprint density at radius 2 is 1.43 bits per heavy atom. The van der Waals surface area contributed by atoms with Crippen LogP contribution in [0.25, 0.3) is 5.76 Å². The molecular weight excluding hydrogens is 592 g/mol. The Morgan fingerprint density at radius 3 is 2.13 bits per heavy atom. The maximum atomic E-state index is 13.6. The molecule has 8 nitrogen and oxygen atoms in total. The molecule has 0 aromatic heterocycles. The molecule has 1 amide bonds. The van der Waals surface area contributed by atoms with Crippen LogP contribution < -0.4 is 9.47 Å². The molecule has 0 radical (unpaired) electrons. The van der Waals surface area contributed by atoms with Crippen molar-refractivity contribution in [2.75, 3.05) is 39.4 Å². The molecule has 0 aliphatic carbocycles. The summed E-state index contributed by atoms with van der Waals surface area (Å²) in [6.07, 6.45) is 0.689. The number of aryl methyl sites for hydroxylation is 1. The molecule has 2 saturated heterocycles. The molecule has 47 heavy (non-hydrogen) atoms.